The number of nitrogens with one attached hydrogen (secondary N) is 1. The summed E-state index contributed by atoms with van der Waals surface area (Å²) in [6, 6.07) is 11.0. The van der Waals surface area contributed by atoms with E-state index in [0.717, 1.165) is 0 Å². The molecule has 1 N–H and O–H groups in total. The fourth-order valence-corrected chi connectivity index (χ4v) is 4.69. The predicted molar refractivity (Wildman–Crippen MR) is 140 cm³/mol. The van der Waals surface area contributed by atoms with Gasteiger partial charge in [-0.2, -0.15) is 0 Å². The van der Waals surface area contributed by atoms with Crippen LogP contribution in [0.4, 0.5) is 0 Å². The van der Waals surface area contributed by atoms with E-state index in [2.05, 4.69) is 5.32 Å². The molecule has 0 saturated carbocycles. The zero-order chi connectivity index (χ0) is 26.4. The van der Waals surface area contributed by atoms with Gasteiger partial charge in [0, 0.05) is 41.7 Å². The molecule has 3 rings (SSSR count). The number of benzene rings is 2. The molecular weight excluding hydrogens is 501 g/mol. The minimum Gasteiger partial charge on any atom is -0.354 e. The van der Waals surface area contributed by atoms with Gasteiger partial charge < -0.3 is 10.2 Å². The summed E-state index contributed by atoms with van der Waals surface area (Å²) >= 11 is 12.7. The number of hydrogen-bond donors (Lipinski definition) is 1. The Morgan fingerprint density at radius 3 is 2.08 bits per heavy atom. The second-order valence-corrected chi connectivity index (χ2v) is 10.0. The van der Waals surface area contributed by atoms with Crippen molar-refractivity contribution in [3.05, 3.63) is 69.2 Å². The second-order valence-electron chi connectivity index (χ2n) is 9.20. The lowest BCUT2D eigenvalue weighted by atomic mass is 10.1. The van der Waals surface area contributed by atoms with E-state index >= 15 is 0 Å². The fourth-order valence-electron chi connectivity index (χ4n) is 4.17. The van der Waals surface area contributed by atoms with Gasteiger partial charge in [-0.1, -0.05) is 62.2 Å². The van der Waals surface area contributed by atoms with Gasteiger partial charge in [-0.25, -0.2) is 0 Å². The molecule has 2 aromatic carbocycles. The quantitative estimate of drug-likeness (QED) is 0.415. The number of rotatable bonds is 11. The molecule has 192 valence electrons. The number of imide groups is 1. The highest BCUT2D eigenvalue weighted by Gasteiger charge is 2.35. The Morgan fingerprint density at radius 1 is 0.972 bits per heavy atom. The molecule has 7 nitrogen and oxygen atoms in total. The number of fused-ring (bicyclic) bond motifs is 1. The van der Waals surface area contributed by atoms with Gasteiger partial charge in [0.25, 0.3) is 11.8 Å². The van der Waals surface area contributed by atoms with Crippen molar-refractivity contribution in [1.82, 2.24) is 15.1 Å². The standard InChI is InChI=1S/C27H31Cl2N3O4/c1-4-23(25(34)30-15-17(2)3)32(16-20-21(28)11-7-12-22(20)29)24(33)13-8-14-31-26(35)18-9-5-6-10-19(18)27(31)36/h5-7,9-12,17,23H,4,8,13-16H2,1-3H3,(H,30,34)/t23-/m1/s1. The number of nitrogens with zero attached hydrogens (tertiary/aromatic N) is 2. The number of carbonyl (C=O) groups is 4. The highest BCUT2D eigenvalue weighted by Crippen LogP contribution is 2.28. The Balaban J connectivity index is 1.75. The number of carbonyl (C=O) groups excluding carboxylic acids is 4. The van der Waals surface area contributed by atoms with Gasteiger partial charge >= 0.3 is 0 Å². The van der Waals surface area contributed by atoms with Crippen molar-refractivity contribution in [2.24, 2.45) is 5.92 Å². The first-order valence-electron chi connectivity index (χ1n) is 12.1. The van der Waals surface area contributed by atoms with Gasteiger partial charge in [0.1, 0.15) is 6.04 Å². The van der Waals surface area contributed by atoms with Gasteiger partial charge in [0.15, 0.2) is 0 Å². The van der Waals surface area contributed by atoms with E-state index in [0.29, 0.717) is 39.7 Å². The Morgan fingerprint density at radius 2 is 1.56 bits per heavy atom. The van der Waals surface area contributed by atoms with Crippen molar-refractivity contribution in [1.29, 1.82) is 0 Å². The van der Waals surface area contributed by atoms with Crippen LogP contribution in [-0.4, -0.2) is 52.6 Å². The zero-order valence-corrected chi connectivity index (χ0v) is 22.2. The van der Waals surface area contributed by atoms with Crippen LogP contribution >= 0.6 is 23.2 Å². The molecule has 1 atom stereocenters. The third-order valence-electron chi connectivity index (χ3n) is 6.11. The summed E-state index contributed by atoms with van der Waals surface area (Å²) in [7, 11) is 0. The maximum absolute atomic E-state index is 13.4. The van der Waals surface area contributed by atoms with E-state index < -0.39 is 6.04 Å². The van der Waals surface area contributed by atoms with Crippen LogP contribution in [0.1, 0.15) is 66.3 Å². The molecule has 2 aromatic rings. The molecule has 0 bridgehead atoms. The summed E-state index contributed by atoms with van der Waals surface area (Å²) in [5.74, 6) is -0.991. The molecule has 1 heterocycles. The van der Waals surface area contributed by atoms with Gasteiger partial charge in [-0.05, 0) is 43.0 Å². The van der Waals surface area contributed by atoms with Crippen molar-refractivity contribution in [2.75, 3.05) is 13.1 Å². The van der Waals surface area contributed by atoms with Crippen LogP contribution in [0, 0.1) is 5.92 Å². The lowest BCUT2D eigenvalue weighted by Crippen LogP contribution is -2.49. The van der Waals surface area contributed by atoms with Crippen LogP contribution in [-0.2, 0) is 16.1 Å². The SMILES string of the molecule is CC[C@H](C(=O)NCC(C)C)N(Cc1c(Cl)cccc1Cl)C(=O)CCCN1C(=O)c2ccccc2C1=O. The van der Waals surface area contributed by atoms with E-state index in [1.165, 1.54) is 9.80 Å². The average Bonchev–Trinajstić information content (AvgIpc) is 3.09. The average molecular weight is 532 g/mol. The number of hydrogen-bond acceptors (Lipinski definition) is 4. The summed E-state index contributed by atoms with van der Waals surface area (Å²) in [6.07, 6.45) is 0.709. The Bertz CT molecular complexity index is 1100. The van der Waals surface area contributed by atoms with Crippen molar-refractivity contribution in [2.45, 2.75) is 52.6 Å². The van der Waals surface area contributed by atoms with E-state index in [9.17, 15) is 19.2 Å². The van der Waals surface area contributed by atoms with Crippen molar-refractivity contribution < 1.29 is 19.2 Å². The van der Waals surface area contributed by atoms with Gasteiger partial charge in [0.2, 0.25) is 11.8 Å². The van der Waals surface area contributed by atoms with Crippen LogP contribution in [0.25, 0.3) is 0 Å². The third-order valence-corrected chi connectivity index (χ3v) is 6.82. The minimum atomic E-state index is -0.720. The molecule has 4 amide bonds. The van der Waals surface area contributed by atoms with Crippen LogP contribution in [0.2, 0.25) is 10.0 Å². The van der Waals surface area contributed by atoms with Gasteiger partial charge in [0.05, 0.1) is 11.1 Å². The van der Waals surface area contributed by atoms with Crippen molar-refractivity contribution in [3.63, 3.8) is 0 Å². The first-order valence-corrected chi connectivity index (χ1v) is 12.9. The Labute approximate surface area is 221 Å². The summed E-state index contributed by atoms with van der Waals surface area (Å²) in [5, 5.41) is 3.72. The first kappa shape index (κ1) is 27.7. The maximum atomic E-state index is 13.4. The summed E-state index contributed by atoms with van der Waals surface area (Å²) in [6.45, 7) is 6.49. The molecule has 0 fully saturated rings. The zero-order valence-electron chi connectivity index (χ0n) is 20.7. The highest BCUT2D eigenvalue weighted by atomic mass is 35.5. The number of halogens is 2. The second kappa shape index (κ2) is 12.4. The van der Waals surface area contributed by atoms with Crippen LogP contribution in [0.3, 0.4) is 0 Å². The molecule has 9 heteroatoms. The molecule has 0 spiro atoms. The van der Waals surface area contributed by atoms with Gasteiger partial charge in [-0.15, -0.1) is 0 Å². The molecule has 1 aliphatic heterocycles. The summed E-state index contributed by atoms with van der Waals surface area (Å²) in [5.41, 5.74) is 1.30. The smallest absolute Gasteiger partial charge is 0.261 e. The topological polar surface area (TPSA) is 86.8 Å². The molecule has 1 aliphatic rings. The maximum Gasteiger partial charge on any atom is 0.261 e. The summed E-state index contributed by atoms with van der Waals surface area (Å²) < 4.78 is 0. The predicted octanol–water partition coefficient (Wildman–Crippen LogP) is 4.95. The minimum absolute atomic E-state index is 0.0451. The molecule has 0 aliphatic carbocycles. The molecule has 0 radical (unpaired) electrons. The van der Waals surface area contributed by atoms with Gasteiger partial charge in [-0.3, -0.25) is 24.1 Å². The van der Waals surface area contributed by atoms with E-state index in [4.69, 9.17) is 23.2 Å². The largest absolute Gasteiger partial charge is 0.354 e. The normalized spacial score (nSPS) is 13.7. The summed E-state index contributed by atoms with van der Waals surface area (Å²) in [4.78, 5) is 54.4. The van der Waals surface area contributed by atoms with E-state index in [-0.39, 0.29) is 55.5 Å². The lowest BCUT2D eigenvalue weighted by Gasteiger charge is -2.31. The van der Waals surface area contributed by atoms with Crippen molar-refractivity contribution >= 4 is 46.8 Å². The molecule has 0 saturated heterocycles. The Hall–Kier alpha value is -2.90. The molecule has 0 unspecified atom stereocenters. The first-order chi connectivity index (χ1) is 17.1. The molecule has 0 aromatic heterocycles. The lowest BCUT2D eigenvalue weighted by molar-refractivity contribution is -0.141. The third kappa shape index (κ3) is 6.26. The Kier molecular flexibility index (Phi) is 9.51. The van der Waals surface area contributed by atoms with Crippen LogP contribution < -0.4 is 5.32 Å². The van der Waals surface area contributed by atoms with E-state index in [1.54, 1.807) is 42.5 Å². The van der Waals surface area contributed by atoms with Crippen LogP contribution in [0.15, 0.2) is 42.5 Å². The monoisotopic (exact) mass is 531 g/mol. The van der Waals surface area contributed by atoms with E-state index in [1.807, 2.05) is 20.8 Å². The molecule has 36 heavy (non-hydrogen) atoms. The molecular formula is C27H31Cl2N3O4. The van der Waals surface area contributed by atoms with Crippen LogP contribution in [0.5, 0.6) is 0 Å². The fraction of sp³-hybridized carbons (Fsp3) is 0.407. The number of amides is 4. The highest BCUT2D eigenvalue weighted by molar-refractivity contribution is 6.36. The van der Waals surface area contributed by atoms with Crippen molar-refractivity contribution in [3.8, 4) is 0 Å².